The van der Waals surface area contributed by atoms with E-state index < -0.39 is 10.0 Å². The van der Waals surface area contributed by atoms with E-state index in [2.05, 4.69) is 4.90 Å². The molecule has 0 bridgehead atoms. The zero-order valence-electron chi connectivity index (χ0n) is 15.7. The summed E-state index contributed by atoms with van der Waals surface area (Å²) in [6, 6.07) is 12.6. The summed E-state index contributed by atoms with van der Waals surface area (Å²) >= 11 is 6.22. The predicted molar refractivity (Wildman–Crippen MR) is 109 cm³/mol. The van der Waals surface area contributed by atoms with E-state index in [0.717, 1.165) is 22.7 Å². The van der Waals surface area contributed by atoms with Gasteiger partial charge in [-0.25, -0.2) is 8.42 Å². The van der Waals surface area contributed by atoms with Gasteiger partial charge in [0.25, 0.3) is 0 Å². The average molecular weight is 409 g/mol. The maximum absolute atomic E-state index is 12.9. The standard InChI is InChI=1S/C20H25ClN2O3S/c1-3-14-26-18-6-8-19(9-7-18)27(24,25)23-12-10-22(11-13-23)17-5-4-16(2)20(21)15-17/h4-9,15H,3,10-14H2,1-2H3. The highest BCUT2D eigenvalue weighted by atomic mass is 35.5. The van der Waals surface area contributed by atoms with Crippen molar-refractivity contribution in [3.63, 3.8) is 0 Å². The molecule has 0 amide bonds. The van der Waals surface area contributed by atoms with Crippen LogP contribution in [0.3, 0.4) is 0 Å². The Labute approximate surface area is 166 Å². The van der Waals surface area contributed by atoms with Crippen LogP contribution in [0.5, 0.6) is 5.75 Å². The molecule has 146 valence electrons. The van der Waals surface area contributed by atoms with Crippen LogP contribution >= 0.6 is 11.6 Å². The lowest BCUT2D eigenvalue weighted by Crippen LogP contribution is -2.48. The number of anilines is 1. The van der Waals surface area contributed by atoms with Gasteiger partial charge in [-0.05, 0) is 55.3 Å². The fourth-order valence-corrected chi connectivity index (χ4v) is 4.64. The Hall–Kier alpha value is -1.76. The maximum Gasteiger partial charge on any atom is 0.243 e. The van der Waals surface area contributed by atoms with Crippen LogP contribution in [0.1, 0.15) is 18.9 Å². The fourth-order valence-electron chi connectivity index (χ4n) is 3.04. The molecule has 0 radical (unpaired) electrons. The monoisotopic (exact) mass is 408 g/mol. The molecule has 5 nitrogen and oxygen atoms in total. The second kappa shape index (κ2) is 8.50. The molecule has 0 unspecified atom stereocenters. The SMILES string of the molecule is CCCOc1ccc(S(=O)(=O)N2CCN(c3ccc(C)c(Cl)c3)CC2)cc1. The van der Waals surface area contributed by atoms with Crippen molar-refractivity contribution in [3.8, 4) is 5.75 Å². The Balaban J connectivity index is 1.66. The van der Waals surface area contributed by atoms with Crippen molar-refractivity contribution < 1.29 is 13.2 Å². The number of halogens is 1. The van der Waals surface area contributed by atoms with Crippen LogP contribution in [0.2, 0.25) is 5.02 Å². The Bertz CT molecular complexity index is 877. The second-order valence-electron chi connectivity index (χ2n) is 6.64. The van der Waals surface area contributed by atoms with Crippen molar-refractivity contribution in [2.24, 2.45) is 0 Å². The summed E-state index contributed by atoms with van der Waals surface area (Å²) in [7, 11) is -3.49. The molecule has 0 atom stereocenters. The largest absolute Gasteiger partial charge is 0.494 e. The molecule has 7 heteroatoms. The van der Waals surface area contributed by atoms with E-state index in [9.17, 15) is 8.42 Å². The molecular weight excluding hydrogens is 384 g/mol. The van der Waals surface area contributed by atoms with Gasteiger partial charge < -0.3 is 9.64 Å². The molecule has 1 heterocycles. The topological polar surface area (TPSA) is 49.9 Å². The molecule has 0 N–H and O–H groups in total. The molecule has 1 saturated heterocycles. The third-order valence-electron chi connectivity index (χ3n) is 4.69. The molecule has 3 rings (SSSR count). The highest BCUT2D eigenvalue weighted by Crippen LogP contribution is 2.26. The summed E-state index contributed by atoms with van der Waals surface area (Å²) in [6.45, 7) is 6.78. The maximum atomic E-state index is 12.9. The normalized spacial score (nSPS) is 15.7. The van der Waals surface area contributed by atoms with Gasteiger partial charge in [0.05, 0.1) is 11.5 Å². The van der Waals surface area contributed by atoms with Crippen molar-refractivity contribution in [1.29, 1.82) is 0 Å². The van der Waals surface area contributed by atoms with Crippen molar-refractivity contribution in [2.75, 3.05) is 37.7 Å². The molecule has 1 fully saturated rings. The Morgan fingerprint density at radius 2 is 1.70 bits per heavy atom. The number of ether oxygens (including phenoxy) is 1. The third-order valence-corrected chi connectivity index (χ3v) is 7.01. The van der Waals surface area contributed by atoms with Gasteiger partial charge in [0.15, 0.2) is 0 Å². The van der Waals surface area contributed by atoms with Gasteiger partial charge in [0.1, 0.15) is 5.75 Å². The minimum Gasteiger partial charge on any atom is -0.494 e. The quantitative estimate of drug-likeness (QED) is 0.726. The first kappa shape index (κ1) is 20.0. The van der Waals surface area contributed by atoms with Crippen molar-refractivity contribution in [1.82, 2.24) is 4.31 Å². The van der Waals surface area contributed by atoms with Crippen LogP contribution in [0.25, 0.3) is 0 Å². The summed E-state index contributed by atoms with van der Waals surface area (Å²) < 4.78 is 32.9. The molecule has 2 aromatic rings. The molecule has 27 heavy (non-hydrogen) atoms. The smallest absolute Gasteiger partial charge is 0.243 e. The van der Waals surface area contributed by atoms with Crippen molar-refractivity contribution in [3.05, 3.63) is 53.1 Å². The lowest BCUT2D eigenvalue weighted by molar-refractivity contribution is 0.317. The van der Waals surface area contributed by atoms with E-state index in [4.69, 9.17) is 16.3 Å². The van der Waals surface area contributed by atoms with E-state index in [0.29, 0.717) is 43.4 Å². The average Bonchev–Trinajstić information content (AvgIpc) is 2.69. The highest BCUT2D eigenvalue weighted by molar-refractivity contribution is 7.89. The number of hydrogen-bond donors (Lipinski definition) is 0. The van der Waals surface area contributed by atoms with Crippen LogP contribution in [0.15, 0.2) is 47.4 Å². The zero-order valence-corrected chi connectivity index (χ0v) is 17.3. The minimum absolute atomic E-state index is 0.304. The molecule has 0 spiro atoms. The van der Waals surface area contributed by atoms with Gasteiger partial charge in [0.2, 0.25) is 10.0 Å². The van der Waals surface area contributed by atoms with Gasteiger partial charge in [0, 0.05) is 36.9 Å². The number of nitrogens with zero attached hydrogens (tertiary/aromatic N) is 2. The second-order valence-corrected chi connectivity index (χ2v) is 8.99. The van der Waals surface area contributed by atoms with Gasteiger partial charge in [-0.15, -0.1) is 0 Å². The lowest BCUT2D eigenvalue weighted by Gasteiger charge is -2.35. The van der Waals surface area contributed by atoms with E-state index >= 15 is 0 Å². The predicted octanol–water partition coefficient (Wildman–Crippen LogP) is 3.95. The highest BCUT2D eigenvalue weighted by Gasteiger charge is 2.28. The van der Waals surface area contributed by atoms with Gasteiger partial charge in [-0.1, -0.05) is 24.6 Å². The number of hydrogen-bond acceptors (Lipinski definition) is 4. The first-order valence-corrected chi connectivity index (χ1v) is 11.0. The van der Waals surface area contributed by atoms with E-state index in [1.165, 1.54) is 0 Å². The van der Waals surface area contributed by atoms with Gasteiger partial charge >= 0.3 is 0 Å². The van der Waals surface area contributed by atoms with Crippen LogP contribution < -0.4 is 9.64 Å². The van der Waals surface area contributed by atoms with Crippen LogP contribution in [0, 0.1) is 6.92 Å². The first-order chi connectivity index (χ1) is 12.9. The summed E-state index contributed by atoms with van der Waals surface area (Å²) in [5, 5.41) is 0.730. The van der Waals surface area contributed by atoms with E-state index in [1.807, 2.05) is 32.0 Å². The minimum atomic E-state index is -3.49. The van der Waals surface area contributed by atoms with Crippen molar-refractivity contribution in [2.45, 2.75) is 25.2 Å². The molecule has 0 aromatic heterocycles. The number of sulfonamides is 1. The summed E-state index contributed by atoms with van der Waals surface area (Å²) in [5.41, 5.74) is 2.06. The fraction of sp³-hybridized carbons (Fsp3) is 0.400. The Morgan fingerprint density at radius 1 is 1.04 bits per heavy atom. The van der Waals surface area contributed by atoms with Crippen LogP contribution in [-0.4, -0.2) is 45.5 Å². The molecule has 1 aliphatic heterocycles. The molecule has 0 saturated carbocycles. The number of rotatable bonds is 6. The lowest BCUT2D eigenvalue weighted by atomic mass is 10.2. The summed E-state index contributed by atoms with van der Waals surface area (Å²) in [6.07, 6.45) is 0.913. The number of piperazine rings is 1. The van der Waals surface area contributed by atoms with E-state index in [1.54, 1.807) is 28.6 Å². The Kier molecular flexibility index (Phi) is 6.29. The zero-order chi connectivity index (χ0) is 19.4. The third kappa shape index (κ3) is 4.57. The molecular formula is C20H25ClN2O3S. The summed E-state index contributed by atoms with van der Waals surface area (Å²) in [5.74, 6) is 0.692. The van der Waals surface area contributed by atoms with Crippen LogP contribution in [0.4, 0.5) is 5.69 Å². The van der Waals surface area contributed by atoms with E-state index in [-0.39, 0.29) is 0 Å². The molecule has 1 aliphatic rings. The molecule has 0 aliphatic carbocycles. The van der Waals surface area contributed by atoms with Crippen molar-refractivity contribution >= 4 is 27.3 Å². The van der Waals surface area contributed by atoms with Gasteiger partial charge in [-0.3, -0.25) is 0 Å². The van der Waals surface area contributed by atoms with Crippen LogP contribution in [-0.2, 0) is 10.0 Å². The summed E-state index contributed by atoms with van der Waals surface area (Å²) in [4.78, 5) is 2.47. The Morgan fingerprint density at radius 3 is 2.30 bits per heavy atom. The number of aryl methyl sites for hydroxylation is 1. The molecule has 2 aromatic carbocycles. The number of benzene rings is 2. The first-order valence-electron chi connectivity index (χ1n) is 9.16. The van der Waals surface area contributed by atoms with Gasteiger partial charge in [-0.2, -0.15) is 4.31 Å².